The van der Waals surface area contributed by atoms with Gasteiger partial charge in [0.15, 0.2) is 0 Å². The van der Waals surface area contributed by atoms with Crippen molar-refractivity contribution >= 4 is 11.8 Å². The number of benzene rings is 1. The molecule has 0 aromatic heterocycles. The Kier molecular flexibility index (Phi) is 4.68. The maximum Gasteiger partial charge on any atom is 0.397 e. The Morgan fingerprint density at radius 3 is 1.95 bits per heavy atom. The quantitative estimate of drug-likeness (QED) is 0.783. The van der Waals surface area contributed by atoms with Crippen molar-refractivity contribution in [3.05, 3.63) is 35.6 Å². The van der Waals surface area contributed by atoms with E-state index in [9.17, 15) is 27.2 Å². The minimum Gasteiger partial charge on any atom is -0.339 e. The van der Waals surface area contributed by atoms with Gasteiger partial charge in [0.1, 0.15) is 12.2 Å². The molecule has 1 aliphatic rings. The van der Waals surface area contributed by atoms with E-state index in [1.54, 1.807) is 0 Å². The van der Waals surface area contributed by atoms with E-state index < -0.39 is 24.3 Å². The Morgan fingerprint density at radius 1 is 0.955 bits per heavy atom. The van der Waals surface area contributed by atoms with Crippen LogP contribution in [0.1, 0.15) is 16.8 Å². The molecule has 0 N–H and O–H groups in total. The molecule has 2 rings (SSSR count). The minimum absolute atomic E-state index is 0.0574. The predicted molar refractivity (Wildman–Crippen MR) is 69.6 cm³/mol. The first kappa shape index (κ1) is 16.3. The smallest absolute Gasteiger partial charge is 0.339 e. The van der Waals surface area contributed by atoms with Gasteiger partial charge in [-0.15, -0.1) is 0 Å². The van der Waals surface area contributed by atoms with Crippen molar-refractivity contribution in [2.24, 2.45) is 0 Å². The SMILES string of the molecule is O=C(CC(F)(F)F)N1CCN(C(=O)c2ccc(F)cc2)CC1. The maximum absolute atomic E-state index is 12.8. The molecular formula is C14H14F4N2O2. The number of rotatable bonds is 2. The van der Waals surface area contributed by atoms with Crippen molar-refractivity contribution in [3.63, 3.8) is 0 Å². The van der Waals surface area contributed by atoms with Crippen molar-refractivity contribution in [1.29, 1.82) is 0 Å². The normalized spacial score (nSPS) is 15.8. The Labute approximate surface area is 124 Å². The van der Waals surface area contributed by atoms with Gasteiger partial charge in [0.25, 0.3) is 5.91 Å². The highest BCUT2D eigenvalue weighted by atomic mass is 19.4. The van der Waals surface area contributed by atoms with Crippen LogP contribution in [0.2, 0.25) is 0 Å². The van der Waals surface area contributed by atoms with Crippen LogP contribution < -0.4 is 0 Å². The summed E-state index contributed by atoms with van der Waals surface area (Å²) in [7, 11) is 0. The monoisotopic (exact) mass is 318 g/mol. The second kappa shape index (κ2) is 6.33. The number of hydrogen-bond acceptors (Lipinski definition) is 2. The van der Waals surface area contributed by atoms with Crippen LogP contribution in [0.15, 0.2) is 24.3 Å². The Hall–Kier alpha value is -2.12. The molecule has 8 heteroatoms. The zero-order chi connectivity index (χ0) is 16.3. The van der Waals surface area contributed by atoms with Gasteiger partial charge in [0.2, 0.25) is 5.91 Å². The predicted octanol–water partition coefficient (Wildman–Crippen LogP) is 2.06. The molecule has 0 atom stereocenters. The number of piperazine rings is 1. The number of carbonyl (C=O) groups is 2. The van der Waals surface area contributed by atoms with Gasteiger partial charge in [-0.3, -0.25) is 9.59 Å². The molecule has 1 saturated heterocycles. The van der Waals surface area contributed by atoms with Crippen molar-refractivity contribution in [2.45, 2.75) is 12.6 Å². The number of alkyl halides is 3. The molecule has 0 aliphatic carbocycles. The summed E-state index contributed by atoms with van der Waals surface area (Å²) in [6.07, 6.45) is -6.02. The third kappa shape index (κ3) is 4.19. The minimum atomic E-state index is -4.53. The molecule has 0 saturated carbocycles. The van der Waals surface area contributed by atoms with E-state index in [0.717, 1.165) is 17.0 Å². The lowest BCUT2D eigenvalue weighted by Gasteiger charge is -2.35. The summed E-state index contributed by atoms with van der Waals surface area (Å²) in [4.78, 5) is 26.1. The first-order valence-corrected chi connectivity index (χ1v) is 6.65. The molecule has 4 nitrogen and oxygen atoms in total. The first-order valence-electron chi connectivity index (χ1n) is 6.65. The van der Waals surface area contributed by atoms with Gasteiger partial charge in [0, 0.05) is 31.7 Å². The highest BCUT2D eigenvalue weighted by Gasteiger charge is 2.34. The first-order chi connectivity index (χ1) is 10.3. The van der Waals surface area contributed by atoms with E-state index in [4.69, 9.17) is 0 Å². The zero-order valence-corrected chi connectivity index (χ0v) is 11.6. The molecular weight excluding hydrogens is 304 g/mol. The maximum atomic E-state index is 12.8. The summed E-state index contributed by atoms with van der Waals surface area (Å²) in [5, 5.41) is 0. The number of halogens is 4. The summed E-state index contributed by atoms with van der Waals surface area (Å²) >= 11 is 0. The molecule has 1 aromatic rings. The molecule has 22 heavy (non-hydrogen) atoms. The number of amides is 2. The summed E-state index contributed by atoms with van der Waals surface area (Å²) in [6.45, 7) is 0.420. The van der Waals surface area contributed by atoms with E-state index in [-0.39, 0.29) is 32.1 Å². The Bertz CT molecular complexity index is 549. The average Bonchev–Trinajstić information content (AvgIpc) is 2.46. The second-order valence-electron chi connectivity index (χ2n) is 4.97. The third-order valence-electron chi connectivity index (χ3n) is 3.36. The molecule has 2 amide bonds. The summed E-state index contributed by atoms with van der Waals surface area (Å²) in [5.74, 6) is -1.77. The van der Waals surface area contributed by atoms with E-state index in [1.165, 1.54) is 17.0 Å². The van der Waals surface area contributed by atoms with Gasteiger partial charge < -0.3 is 9.80 Å². The van der Waals surface area contributed by atoms with Crippen LogP contribution in [0.3, 0.4) is 0 Å². The molecule has 0 unspecified atom stereocenters. The topological polar surface area (TPSA) is 40.6 Å². The molecule has 120 valence electrons. The van der Waals surface area contributed by atoms with E-state index in [2.05, 4.69) is 0 Å². The summed E-state index contributed by atoms with van der Waals surface area (Å²) in [5.41, 5.74) is 0.302. The number of nitrogens with zero attached hydrogens (tertiary/aromatic N) is 2. The van der Waals surface area contributed by atoms with Crippen LogP contribution in [0, 0.1) is 5.82 Å². The van der Waals surface area contributed by atoms with Crippen LogP contribution in [-0.4, -0.2) is 54.0 Å². The van der Waals surface area contributed by atoms with E-state index in [0.29, 0.717) is 5.56 Å². The van der Waals surface area contributed by atoms with Crippen LogP contribution in [0.25, 0.3) is 0 Å². The van der Waals surface area contributed by atoms with Gasteiger partial charge >= 0.3 is 6.18 Å². The summed E-state index contributed by atoms with van der Waals surface area (Å²) < 4.78 is 49.3. The van der Waals surface area contributed by atoms with E-state index in [1.807, 2.05) is 0 Å². The lowest BCUT2D eigenvalue weighted by atomic mass is 10.1. The van der Waals surface area contributed by atoms with Crippen LogP contribution in [0.4, 0.5) is 17.6 Å². The van der Waals surface area contributed by atoms with Gasteiger partial charge in [-0.1, -0.05) is 0 Å². The van der Waals surface area contributed by atoms with Crippen molar-refractivity contribution in [2.75, 3.05) is 26.2 Å². The average molecular weight is 318 g/mol. The molecule has 0 bridgehead atoms. The summed E-state index contributed by atoms with van der Waals surface area (Å²) in [6, 6.07) is 5.02. The van der Waals surface area contributed by atoms with Crippen LogP contribution in [0.5, 0.6) is 0 Å². The van der Waals surface area contributed by atoms with Crippen molar-refractivity contribution < 1.29 is 27.2 Å². The largest absolute Gasteiger partial charge is 0.397 e. The second-order valence-corrected chi connectivity index (χ2v) is 4.97. The lowest BCUT2D eigenvalue weighted by Crippen LogP contribution is -2.51. The molecule has 1 heterocycles. The van der Waals surface area contributed by atoms with Gasteiger partial charge in [-0.25, -0.2) is 4.39 Å². The standard InChI is InChI=1S/C14H14F4N2O2/c15-11-3-1-10(2-4-11)13(22)20-7-5-19(6-8-20)12(21)9-14(16,17)18/h1-4H,5-9H2. The fraction of sp³-hybridized carbons (Fsp3) is 0.429. The molecule has 1 fully saturated rings. The molecule has 0 radical (unpaired) electrons. The van der Waals surface area contributed by atoms with Crippen molar-refractivity contribution in [1.82, 2.24) is 9.80 Å². The number of hydrogen-bond donors (Lipinski definition) is 0. The molecule has 1 aromatic carbocycles. The Balaban J connectivity index is 1.90. The zero-order valence-electron chi connectivity index (χ0n) is 11.6. The fourth-order valence-corrected chi connectivity index (χ4v) is 2.22. The highest BCUT2D eigenvalue weighted by molar-refractivity contribution is 5.94. The molecule has 1 aliphatic heterocycles. The number of carbonyl (C=O) groups excluding carboxylic acids is 2. The van der Waals surface area contributed by atoms with Crippen LogP contribution >= 0.6 is 0 Å². The fourth-order valence-electron chi connectivity index (χ4n) is 2.22. The highest BCUT2D eigenvalue weighted by Crippen LogP contribution is 2.21. The third-order valence-corrected chi connectivity index (χ3v) is 3.36. The van der Waals surface area contributed by atoms with Crippen molar-refractivity contribution in [3.8, 4) is 0 Å². The van der Waals surface area contributed by atoms with Crippen LogP contribution in [-0.2, 0) is 4.79 Å². The van der Waals surface area contributed by atoms with Gasteiger partial charge in [0.05, 0.1) is 0 Å². The van der Waals surface area contributed by atoms with Gasteiger partial charge in [-0.2, -0.15) is 13.2 Å². The molecule has 0 spiro atoms. The Morgan fingerprint density at radius 2 is 1.45 bits per heavy atom. The van der Waals surface area contributed by atoms with Gasteiger partial charge in [-0.05, 0) is 24.3 Å². The lowest BCUT2D eigenvalue weighted by molar-refractivity contribution is -0.162. The van der Waals surface area contributed by atoms with E-state index >= 15 is 0 Å².